The highest BCUT2D eigenvalue weighted by atomic mass is 32.2. The average Bonchev–Trinajstić information content (AvgIpc) is 3.63. The van der Waals surface area contributed by atoms with E-state index in [1.807, 2.05) is 0 Å². The Morgan fingerprint density at radius 2 is 1.22 bits per heavy atom. The highest BCUT2D eigenvalue weighted by Crippen LogP contribution is 2.70. The van der Waals surface area contributed by atoms with Gasteiger partial charge in [0.15, 0.2) is 0 Å². The Labute approximate surface area is 227 Å². The Bertz CT molecular complexity index is 1100. The zero-order valence-electron chi connectivity index (χ0n) is 22.0. The van der Waals surface area contributed by atoms with E-state index in [1.165, 1.54) is 43.2 Å². The van der Waals surface area contributed by atoms with Crippen LogP contribution >= 0.6 is 23.5 Å². The molecule has 3 aliphatic carbocycles. The van der Waals surface area contributed by atoms with Crippen LogP contribution in [-0.2, 0) is 0 Å². The lowest BCUT2D eigenvalue weighted by Crippen LogP contribution is -2.47. The first-order valence-electron chi connectivity index (χ1n) is 14.4. The fourth-order valence-corrected chi connectivity index (χ4v) is 20.9. The van der Waals surface area contributed by atoms with Crippen molar-refractivity contribution in [3.63, 3.8) is 0 Å². The van der Waals surface area contributed by atoms with E-state index in [9.17, 15) is 0 Å². The van der Waals surface area contributed by atoms with Crippen LogP contribution in [0.25, 0.3) is 9.81 Å². The van der Waals surface area contributed by atoms with E-state index in [0.29, 0.717) is 11.8 Å². The van der Waals surface area contributed by atoms with Gasteiger partial charge >= 0.3 is 0 Å². The molecule has 5 aliphatic rings. The highest BCUT2D eigenvalue weighted by molar-refractivity contribution is 8.10. The van der Waals surface area contributed by atoms with Crippen LogP contribution in [0.3, 0.4) is 0 Å². The smallest absolute Gasteiger partial charge is 0.0566 e. The van der Waals surface area contributed by atoms with E-state index in [2.05, 4.69) is 116 Å². The van der Waals surface area contributed by atoms with Gasteiger partial charge in [0, 0.05) is 20.3 Å². The topological polar surface area (TPSA) is 0 Å². The number of rotatable bonds is 4. The van der Waals surface area contributed by atoms with Crippen molar-refractivity contribution in [2.45, 2.75) is 73.7 Å². The number of thioether (sulfide) groups is 2. The minimum atomic E-state index is -1.55. The van der Waals surface area contributed by atoms with Crippen molar-refractivity contribution in [3.05, 3.63) is 83.9 Å². The Balaban J connectivity index is 1.27. The molecule has 0 radical (unpaired) electrons. The summed E-state index contributed by atoms with van der Waals surface area (Å²) < 4.78 is 0. The second-order valence-electron chi connectivity index (χ2n) is 12.9. The van der Waals surface area contributed by atoms with Gasteiger partial charge < -0.3 is 0 Å². The van der Waals surface area contributed by atoms with Crippen molar-refractivity contribution >= 4 is 41.4 Å². The molecule has 0 nitrogen and oxygen atoms in total. The molecule has 2 aliphatic heterocycles. The summed E-state index contributed by atoms with van der Waals surface area (Å²) in [5.41, 5.74) is 4.76. The van der Waals surface area contributed by atoms with Gasteiger partial charge in [0.2, 0.25) is 0 Å². The van der Waals surface area contributed by atoms with Crippen molar-refractivity contribution in [1.29, 1.82) is 0 Å². The predicted octanol–water partition coefficient (Wildman–Crippen LogP) is 9.84. The summed E-state index contributed by atoms with van der Waals surface area (Å²) in [6.45, 7) is 8.33. The molecule has 3 heteroatoms. The third-order valence-electron chi connectivity index (χ3n) is 10.7. The number of benzene rings is 2. The Kier molecular flexibility index (Phi) is 6.14. The molecule has 0 spiro atoms. The molecule has 188 valence electrons. The van der Waals surface area contributed by atoms with Crippen molar-refractivity contribution in [3.8, 4) is 0 Å². The van der Waals surface area contributed by atoms with Crippen LogP contribution in [0, 0.1) is 29.6 Å². The summed E-state index contributed by atoms with van der Waals surface area (Å²) in [5, 5.41) is 1.54. The minimum Gasteiger partial charge on any atom is -0.122 e. The molecule has 7 rings (SSSR count). The van der Waals surface area contributed by atoms with Gasteiger partial charge in [-0.3, -0.25) is 0 Å². The van der Waals surface area contributed by atoms with Gasteiger partial charge in [0.25, 0.3) is 0 Å². The van der Waals surface area contributed by atoms with Crippen LogP contribution in [0.4, 0.5) is 0 Å². The van der Waals surface area contributed by atoms with Crippen LogP contribution in [0.2, 0.25) is 24.2 Å². The summed E-state index contributed by atoms with van der Waals surface area (Å²) in [7, 11) is -1.55. The summed E-state index contributed by atoms with van der Waals surface area (Å²) in [5.74, 6) is 4.37. The van der Waals surface area contributed by atoms with Gasteiger partial charge in [-0.25, -0.2) is 0 Å². The maximum atomic E-state index is 2.84. The summed E-state index contributed by atoms with van der Waals surface area (Å²) in [6, 6.07) is 22.5. The lowest BCUT2D eigenvalue weighted by molar-refractivity contribution is 0.274. The normalized spacial score (nSPS) is 39.4. The van der Waals surface area contributed by atoms with Gasteiger partial charge in [0.05, 0.1) is 8.07 Å². The van der Waals surface area contributed by atoms with E-state index < -0.39 is 8.07 Å². The zero-order chi connectivity index (χ0) is 24.4. The number of hydrogen-bond donors (Lipinski definition) is 0. The molecule has 0 bridgehead atoms. The van der Waals surface area contributed by atoms with E-state index in [0.717, 1.165) is 39.3 Å². The molecule has 7 unspecified atom stereocenters. The molecule has 2 heterocycles. The first-order valence-corrected chi connectivity index (χ1v) is 19.3. The standard InChI is InChI=1S/C33H40S2Si/c1-21-18-24-16-10-11-17-25(24)32(21)36(2,3)33-30-26(19-28(34-30)22-12-6-4-7-13-22)27-20-29(35-31(27)33)23-14-8-5-9-15-23/h4-9,12-15,19-21,24-27,30-33H,10-11,16-18H2,1-3H3/t21?,24?,25?,26-,27+,30?,31?,32?,33?. The lowest BCUT2D eigenvalue weighted by atomic mass is 9.82. The molecule has 0 aromatic heterocycles. The van der Waals surface area contributed by atoms with Crippen molar-refractivity contribution in [2.75, 3.05) is 0 Å². The Morgan fingerprint density at radius 1 is 0.694 bits per heavy atom. The number of allylic oxidation sites excluding steroid dienone is 2. The maximum Gasteiger partial charge on any atom is 0.0566 e. The molecule has 0 saturated heterocycles. The summed E-state index contributed by atoms with van der Waals surface area (Å²) in [6.07, 6.45) is 12.9. The molecular formula is C33H40S2Si. The van der Waals surface area contributed by atoms with Crippen molar-refractivity contribution in [1.82, 2.24) is 0 Å². The number of hydrogen-bond acceptors (Lipinski definition) is 2. The van der Waals surface area contributed by atoms with E-state index in [1.54, 1.807) is 9.81 Å². The fourth-order valence-electron chi connectivity index (χ4n) is 9.48. The fraction of sp³-hybridized carbons (Fsp3) is 0.515. The largest absolute Gasteiger partial charge is 0.122 e. The highest BCUT2D eigenvalue weighted by Gasteiger charge is 2.63. The Hall–Kier alpha value is -1.16. The minimum absolute atomic E-state index is 0.694. The van der Waals surface area contributed by atoms with E-state index in [4.69, 9.17) is 0 Å². The Morgan fingerprint density at radius 3 is 1.78 bits per heavy atom. The molecule has 0 N–H and O–H groups in total. The molecule has 0 amide bonds. The molecular weight excluding hydrogens is 489 g/mol. The first kappa shape index (κ1) is 23.9. The molecule has 9 atom stereocenters. The molecule has 2 aromatic rings. The summed E-state index contributed by atoms with van der Waals surface area (Å²) in [4.78, 5) is 3.11. The van der Waals surface area contributed by atoms with Crippen LogP contribution < -0.4 is 0 Å². The van der Waals surface area contributed by atoms with Crippen LogP contribution in [0.15, 0.2) is 72.8 Å². The predicted molar refractivity (Wildman–Crippen MR) is 163 cm³/mol. The molecule has 3 fully saturated rings. The third-order valence-corrected chi connectivity index (χ3v) is 19.3. The zero-order valence-corrected chi connectivity index (χ0v) is 24.6. The third kappa shape index (κ3) is 3.78. The van der Waals surface area contributed by atoms with E-state index in [-0.39, 0.29) is 0 Å². The average molecular weight is 529 g/mol. The quantitative estimate of drug-likeness (QED) is 0.362. The lowest BCUT2D eigenvalue weighted by Gasteiger charge is -2.46. The van der Waals surface area contributed by atoms with Crippen LogP contribution in [0.1, 0.15) is 50.2 Å². The van der Waals surface area contributed by atoms with Crippen LogP contribution in [0.5, 0.6) is 0 Å². The van der Waals surface area contributed by atoms with E-state index >= 15 is 0 Å². The van der Waals surface area contributed by atoms with Crippen molar-refractivity contribution < 1.29 is 0 Å². The molecule has 2 aromatic carbocycles. The SMILES string of the molecule is CC1CC2CCCCC2C1[Si](C)(C)C1C2SC(c3ccccc3)=C[C@H]2[C@H]2C=C(c3ccccc3)SC12. The van der Waals surface area contributed by atoms with Gasteiger partial charge in [-0.1, -0.05) is 119 Å². The van der Waals surface area contributed by atoms with Crippen LogP contribution in [-0.4, -0.2) is 18.6 Å². The van der Waals surface area contributed by atoms with Crippen molar-refractivity contribution in [2.24, 2.45) is 29.6 Å². The number of fused-ring (bicyclic) bond motifs is 4. The second kappa shape index (κ2) is 9.24. The monoisotopic (exact) mass is 528 g/mol. The van der Waals surface area contributed by atoms with Gasteiger partial charge in [-0.2, -0.15) is 0 Å². The molecule has 36 heavy (non-hydrogen) atoms. The maximum absolute atomic E-state index is 2.84. The summed E-state index contributed by atoms with van der Waals surface area (Å²) >= 11 is 4.53. The van der Waals surface area contributed by atoms with Gasteiger partial charge in [-0.15, -0.1) is 23.5 Å². The van der Waals surface area contributed by atoms with Gasteiger partial charge in [0.1, 0.15) is 0 Å². The first-order chi connectivity index (χ1) is 17.5. The van der Waals surface area contributed by atoms with Gasteiger partial charge in [-0.05, 0) is 58.2 Å². The molecule has 3 saturated carbocycles. The second-order valence-corrected chi connectivity index (χ2v) is 20.3.